The summed E-state index contributed by atoms with van der Waals surface area (Å²) in [4.78, 5) is 10.7. The van der Waals surface area contributed by atoms with Crippen LogP contribution in [0.2, 0.25) is 0 Å². The predicted molar refractivity (Wildman–Crippen MR) is 106 cm³/mol. The number of nitro groups is 1. The van der Waals surface area contributed by atoms with E-state index in [-0.39, 0.29) is 17.4 Å². The zero-order chi connectivity index (χ0) is 19.8. The highest BCUT2D eigenvalue weighted by Gasteiger charge is 2.47. The predicted octanol–water partition coefficient (Wildman–Crippen LogP) is 4.44. The Morgan fingerprint density at radius 2 is 1.96 bits per heavy atom. The molecular formula is C18H21Br2NO5. The van der Waals surface area contributed by atoms with E-state index in [2.05, 4.69) is 31.9 Å². The fourth-order valence-corrected chi connectivity index (χ4v) is 4.20. The van der Waals surface area contributed by atoms with Crippen molar-refractivity contribution < 1.29 is 19.9 Å². The smallest absolute Gasteiger partial charge is 0.274 e. The maximum Gasteiger partial charge on any atom is 0.274 e. The van der Waals surface area contributed by atoms with Gasteiger partial charge in [0.15, 0.2) is 5.60 Å². The molecule has 6 nitrogen and oxygen atoms in total. The Hall–Kier alpha value is -1.22. The SMILES string of the molecule is Cc1c([N+](=O)[O-])cc(Br)c(OC2(C(C)O)C=CC=C(C(C)C)C2O)c1Br. The second-order valence-corrected chi connectivity index (χ2v) is 8.26. The molecule has 2 rings (SSSR count). The molecule has 0 spiro atoms. The van der Waals surface area contributed by atoms with Gasteiger partial charge < -0.3 is 14.9 Å². The minimum absolute atomic E-state index is 0.0575. The van der Waals surface area contributed by atoms with E-state index < -0.39 is 22.7 Å². The number of aliphatic hydroxyl groups is 2. The standard InChI is InChI=1S/C18H21Br2NO5/c1-9(2)12-6-5-7-18(11(4)22,17(12)23)26-16-13(19)8-14(21(24)25)10(3)15(16)20/h5-9,11,17,22-23H,1-4H3. The fraction of sp³-hybridized carbons (Fsp3) is 0.444. The van der Waals surface area contributed by atoms with Gasteiger partial charge in [-0.2, -0.15) is 0 Å². The number of ether oxygens (including phenoxy) is 1. The second kappa shape index (κ2) is 7.80. The zero-order valence-electron chi connectivity index (χ0n) is 14.9. The highest BCUT2D eigenvalue weighted by molar-refractivity contribution is 9.11. The van der Waals surface area contributed by atoms with Crippen molar-refractivity contribution in [2.75, 3.05) is 0 Å². The van der Waals surface area contributed by atoms with E-state index in [0.717, 1.165) is 5.57 Å². The van der Waals surface area contributed by atoms with Gasteiger partial charge in [0.2, 0.25) is 0 Å². The molecule has 0 aliphatic heterocycles. The van der Waals surface area contributed by atoms with E-state index in [1.807, 2.05) is 19.9 Å². The molecule has 0 amide bonds. The van der Waals surface area contributed by atoms with Gasteiger partial charge in [-0.05, 0) is 63.3 Å². The molecule has 0 fully saturated rings. The highest BCUT2D eigenvalue weighted by atomic mass is 79.9. The lowest BCUT2D eigenvalue weighted by Crippen LogP contribution is -2.56. The van der Waals surface area contributed by atoms with Gasteiger partial charge in [-0.15, -0.1) is 0 Å². The van der Waals surface area contributed by atoms with Crippen molar-refractivity contribution in [1.82, 2.24) is 0 Å². The maximum absolute atomic E-state index is 11.2. The molecule has 0 bridgehead atoms. The van der Waals surface area contributed by atoms with E-state index in [4.69, 9.17) is 4.74 Å². The molecule has 26 heavy (non-hydrogen) atoms. The van der Waals surface area contributed by atoms with Crippen molar-refractivity contribution in [2.24, 2.45) is 5.92 Å². The molecule has 8 heteroatoms. The minimum atomic E-state index is -1.41. The molecule has 0 aromatic heterocycles. The number of hydrogen-bond donors (Lipinski definition) is 2. The van der Waals surface area contributed by atoms with Crippen LogP contribution in [0.4, 0.5) is 5.69 Å². The van der Waals surface area contributed by atoms with Crippen LogP contribution in [0.25, 0.3) is 0 Å². The summed E-state index contributed by atoms with van der Waals surface area (Å²) in [5.74, 6) is 0.338. The van der Waals surface area contributed by atoms with E-state index in [9.17, 15) is 20.3 Å². The maximum atomic E-state index is 11.2. The van der Waals surface area contributed by atoms with Crippen molar-refractivity contribution >= 4 is 37.5 Å². The molecule has 1 aliphatic rings. The first-order valence-electron chi connectivity index (χ1n) is 8.10. The largest absolute Gasteiger partial charge is 0.475 e. The molecule has 1 aliphatic carbocycles. The first-order chi connectivity index (χ1) is 12.0. The quantitative estimate of drug-likeness (QED) is 0.470. The lowest BCUT2D eigenvalue weighted by Gasteiger charge is -2.42. The summed E-state index contributed by atoms with van der Waals surface area (Å²) >= 11 is 6.66. The van der Waals surface area contributed by atoms with Crippen molar-refractivity contribution in [3.63, 3.8) is 0 Å². The van der Waals surface area contributed by atoms with E-state index in [0.29, 0.717) is 14.5 Å². The number of hydrogen-bond acceptors (Lipinski definition) is 5. The average Bonchev–Trinajstić information content (AvgIpc) is 2.55. The molecule has 0 radical (unpaired) electrons. The Bertz CT molecular complexity index is 788. The van der Waals surface area contributed by atoms with Gasteiger partial charge >= 0.3 is 0 Å². The summed E-state index contributed by atoms with van der Waals surface area (Å²) in [5, 5.41) is 32.6. The first-order valence-corrected chi connectivity index (χ1v) is 9.69. The molecule has 1 aromatic carbocycles. The van der Waals surface area contributed by atoms with Crippen LogP contribution in [0.3, 0.4) is 0 Å². The van der Waals surface area contributed by atoms with Gasteiger partial charge in [0.05, 0.1) is 20.0 Å². The van der Waals surface area contributed by atoms with Crippen molar-refractivity contribution in [2.45, 2.75) is 45.5 Å². The van der Waals surface area contributed by atoms with Gasteiger partial charge in [-0.1, -0.05) is 26.0 Å². The average molecular weight is 491 g/mol. The third-order valence-corrected chi connectivity index (χ3v) is 6.12. The van der Waals surface area contributed by atoms with Crippen LogP contribution in [0.15, 0.2) is 38.8 Å². The number of nitrogens with zero attached hydrogens (tertiary/aromatic N) is 1. The van der Waals surface area contributed by atoms with Crippen LogP contribution in [0, 0.1) is 23.0 Å². The topological polar surface area (TPSA) is 92.8 Å². The van der Waals surface area contributed by atoms with Crippen molar-refractivity contribution in [1.29, 1.82) is 0 Å². The summed E-state index contributed by atoms with van der Waals surface area (Å²) in [5.41, 5.74) is -0.353. The van der Waals surface area contributed by atoms with Gasteiger partial charge in [-0.25, -0.2) is 0 Å². The minimum Gasteiger partial charge on any atom is -0.475 e. The van der Waals surface area contributed by atoms with Crippen LogP contribution in [0.5, 0.6) is 5.75 Å². The molecule has 1 aromatic rings. The van der Waals surface area contributed by atoms with Crippen molar-refractivity contribution in [3.8, 4) is 5.75 Å². The van der Waals surface area contributed by atoms with Crippen LogP contribution in [-0.4, -0.2) is 32.9 Å². The van der Waals surface area contributed by atoms with Crippen LogP contribution in [-0.2, 0) is 0 Å². The fourth-order valence-electron chi connectivity index (χ4n) is 2.94. The summed E-state index contributed by atoms with van der Waals surface area (Å²) < 4.78 is 6.87. The van der Waals surface area contributed by atoms with Crippen LogP contribution < -0.4 is 4.74 Å². The van der Waals surface area contributed by atoms with Crippen LogP contribution in [0.1, 0.15) is 26.3 Å². The van der Waals surface area contributed by atoms with E-state index in [1.54, 1.807) is 19.1 Å². The number of allylic oxidation sites excluding steroid dienone is 2. The summed E-state index contributed by atoms with van der Waals surface area (Å²) in [6.45, 7) is 7.03. The molecule has 0 heterocycles. The number of halogens is 2. The zero-order valence-corrected chi connectivity index (χ0v) is 18.0. The number of rotatable bonds is 5. The molecule has 3 atom stereocenters. The van der Waals surface area contributed by atoms with Crippen LogP contribution >= 0.6 is 31.9 Å². The van der Waals surface area contributed by atoms with Gasteiger partial charge in [0.25, 0.3) is 5.69 Å². The van der Waals surface area contributed by atoms with Gasteiger partial charge in [-0.3, -0.25) is 10.1 Å². The summed E-state index contributed by atoms with van der Waals surface area (Å²) in [7, 11) is 0. The molecule has 3 unspecified atom stereocenters. The molecule has 142 valence electrons. The Labute approximate surface area is 169 Å². The summed E-state index contributed by atoms with van der Waals surface area (Å²) in [6.07, 6.45) is 3.07. The third-order valence-electron chi connectivity index (χ3n) is 4.58. The van der Waals surface area contributed by atoms with Gasteiger partial charge in [0, 0.05) is 11.6 Å². The molecule has 0 saturated carbocycles. The molecular weight excluding hydrogens is 470 g/mol. The Kier molecular flexibility index (Phi) is 6.32. The third kappa shape index (κ3) is 3.60. The number of nitro benzene ring substituents is 1. The molecule has 2 N–H and O–H groups in total. The second-order valence-electron chi connectivity index (χ2n) is 6.62. The van der Waals surface area contributed by atoms with E-state index in [1.165, 1.54) is 13.0 Å². The highest BCUT2D eigenvalue weighted by Crippen LogP contribution is 2.45. The number of aliphatic hydroxyl groups excluding tert-OH is 2. The lowest BCUT2D eigenvalue weighted by atomic mass is 9.79. The first kappa shape index (κ1) is 21.1. The molecule has 0 saturated heterocycles. The monoisotopic (exact) mass is 489 g/mol. The summed E-state index contributed by atoms with van der Waals surface area (Å²) in [6, 6.07) is 1.35. The van der Waals surface area contributed by atoms with Gasteiger partial charge in [0.1, 0.15) is 11.9 Å². The Morgan fingerprint density at radius 1 is 1.35 bits per heavy atom. The van der Waals surface area contributed by atoms with Crippen molar-refractivity contribution in [3.05, 3.63) is 54.5 Å². The van der Waals surface area contributed by atoms with E-state index >= 15 is 0 Å². The lowest BCUT2D eigenvalue weighted by molar-refractivity contribution is -0.385. The number of benzene rings is 1. The Morgan fingerprint density at radius 3 is 2.46 bits per heavy atom. The Balaban J connectivity index is 2.57. The normalized spacial score (nSPS) is 23.7.